The highest BCUT2D eigenvalue weighted by Gasteiger charge is 2.09. The zero-order valence-corrected chi connectivity index (χ0v) is 13.8. The maximum atomic E-state index is 13.2. The molecule has 0 saturated carbocycles. The highest BCUT2D eigenvalue weighted by molar-refractivity contribution is 7.15. The molecule has 3 nitrogen and oxygen atoms in total. The molecular formula is C18H17FN2OS. The van der Waals surface area contributed by atoms with Crippen LogP contribution in [-0.4, -0.2) is 4.98 Å². The average Bonchev–Trinajstić information content (AvgIpc) is 2.85. The minimum atomic E-state index is -0.274. The summed E-state index contributed by atoms with van der Waals surface area (Å²) in [4.78, 5) is 5.73. The van der Waals surface area contributed by atoms with Crippen molar-refractivity contribution in [3.8, 4) is 16.3 Å². The van der Waals surface area contributed by atoms with Crippen molar-refractivity contribution in [2.75, 3.05) is 5.73 Å². The molecule has 1 aromatic heterocycles. The maximum absolute atomic E-state index is 13.2. The fourth-order valence-electron chi connectivity index (χ4n) is 2.20. The Kier molecular flexibility index (Phi) is 4.30. The second-order valence-corrected chi connectivity index (χ2v) is 6.54. The molecular weight excluding hydrogens is 311 g/mol. The highest BCUT2D eigenvalue weighted by atomic mass is 32.1. The summed E-state index contributed by atoms with van der Waals surface area (Å²) >= 11 is 1.64. The quantitative estimate of drug-likeness (QED) is 0.705. The molecule has 1 heterocycles. The second kappa shape index (κ2) is 6.38. The van der Waals surface area contributed by atoms with Crippen LogP contribution in [0.4, 0.5) is 10.1 Å². The zero-order valence-electron chi connectivity index (χ0n) is 13.0. The first-order chi connectivity index (χ1) is 11.0. The molecule has 0 saturated heterocycles. The standard InChI is InChI=1S/C18H17FN2OS/c1-11-12(2)23-18(21-11)14-6-7-17(16(20)9-14)22-10-13-4-3-5-15(19)8-13/h3-9H,10,20H2,1-2H3. The number of nitrogens with zero attached hydrogens (tertiary/aromatic N) is 1. The number of rotatable bonds is 4. The van der Waals surface area contributed by atoms with Gasteiger partial charge in [0.05, 0.1) is 11.4 Å². The molecule has 0 aliphatic heterocycles. The van der Waals surface area contributed by atoms with Gasteiger partial charge >= 0.3 is 0 Å². The van der Waals surface area contributed by atoms with Gasteiger partial charge in [0.1, 0.15) is 23.2 Å². The number of ether oxygens (including phenoxy) is 1. The number of aryl methyl sites for hydroxylation is 2. The van der Waals surface area contributed by atoms with Crippen LogP contribution in [-0.2, 0) is 6.61 Å². The van der Waals surface area contributed by atoms with Gasteiger partial charge in [-0.1, -0.05) is 12.1 Å². The minimum absolute atomic E-state index is 0.274. The lowest BCUT2D eigenvalue weighted by Crippen LogP contribution is -1.99. The molecule has 2 aromatic carbocycles. The molecule has 2 N–H and O–H groups in total. The van der Waals surface area contributed by atoms with Gasteiger partial charge in [0.15, 0.2) is 0 Å². The summed E-state index contributed by atoms with van der Waals surface area (Å²) in [6, 6.07) is 12.0. The van der Waals surface area contributed by atoms with Crippen LogP contribution < -0.4 is 10.5 Å². The van der Waals surface area contributed by atoms with E-state index < -0.39 is 0 Å². The molecule has 0 atom stereocenters. The van der Waals surface area contributed by atoms with E-state index in [0.717, 1.165) is 21.8 Å². The van der Waals surface area contributed by atoms with Crippen LogP contribution in [0, 0.1) is 19.7 Å². The molecule has 5 heteroatoms. The van der Waals surface area contributed by atoms with E-state index in [1.165, 1.54) is 17.0 Å². The van der Waals surface area contributed by atoms with Crippen LogP contribution in [0.15, 0.2) is 42.5 Å². The van der Waals surface area contributed by atoms with Gasteiger partial charge in [0.2, 0.25) is 0 Å². The van der Waals surface area contributed by atoms with E-state index in [9.17, 15) is 4.39 Å². The molecule has 3 aromatic rings. The number of nitrogen functional groups attached to an aromatic ring is 1. The monoisotopic (exact) mass is 328 g/mol. The largest absolute Gasteiger partial charge is 0.487 e. The fourth-order valence-corrected chi connectivity index (χ4v) is 3.11. The topological polar surface area (TPSA) is 48.1 Å². The Morgan fingerprint density at radius 1 is 1.17 bits per heavy atom. The lowest BCUT2D eigenvalue weighted by molar-refractivity contribution is 0.307. The van der Waals surface area contributed by atoms with E-state index in [1.807, 2.05) is 31.2 Å². The van der Waals surface area contributed by atoms with Gasteiger partial charge in [0, 0.05) is 10.4 Å². The molecule has 118 valence electrons. The Hall–Kier alpha value is -2.40. The third-order valence-electron chi connectivity index (χ3n) is 3.57. The van der Waals surface area contributed by atoms with E-state index >= 15 is 0 Å². The zero-order chi connectivity index (χ0) is 16.4. The van der Waals surface area contributed by atoms with Crippen LogP contribution >= 0.6 is 11.3 Å². The van der Waals surface area contributed by atoms with Crippen LogP contribution in [0.3, 0.4) is 0 Å². The second-order valence-electron chi connectivity index (χ2n) is 5.33. The Labute approximate surface area is 138 Å². The molecule has 0 fully saturated rings. The van der Waals surface area contributed by atoms with E-state index in [1.54, 1.807) is 17.4 Å². The number of thiazole rings is 1. The number of benzene rings is 2. The summed E-state index contributed by atoms with van der Waals surface area (Å²) in [6.45, 7) is 4.32. The number of nitrogens with two attached hydrogens (primary N) is 1. The molecule has 0 spiro atoms. The third kappa shape index (κ3) is 3.51. The van der Waals surface area contributed by atoms with Crippen molar-refractivity contribution in [1.29, 1.82) is 0 Å². The van der Waals surface area contributed by atoms with Crippen molar-refractivity contribution < 1.29 is 9.13 Å². The van der Waals surface area contributed by atoms with Gasteiger partial charge in [-0.2, -0.15) is 0 Å². The summed E-state index contributed by atoms with van der Waals surface area (Å²) in [6.07, 6.45) is 0. The normalized spacial score (nSPS) is 10.7. The molecule has 3 rings (SSSR count). The highest BCUT2D eigenvalue weighted by Crippen LogP contribution is 2.32. The van der Waals surface area contributed by atoms with Gasteiger partial charge in [0.25, 0.3) is 0 Å². The summed E-state index contributed by atoms with van der Waals surface area (Å²) in [5.41, 5.74) is 9.40. The van der Waals surface area contributed by atoms with Crippen molar-refractivity contribution in [2.45, 2.75) is 20.5 Å². The lowest BCUT2D eigenvalue weighted by atomic mass is 10.2. The number of hydrogen-bond donors (Lipinski definition) is 1. The van der Waals surface area contributed by atoms with E-state index in [4.69, 9.17) is 10.5 Å². The Bertz CT molecular complexity index is 825. The summed E-state index contributed by atoms with van der Waals surface area (Å²) in [7, 11) is 0. The smallest absolute Gasteiger partial charge is 0.142 e. The first-order valence-corrected chi connectivity index (χ1v) is 8.06. The number of hydrogen-bond acceptors (Lipinski definition) is 4. The average molecular weight is 328 g/mol. The SMILES string of the molecule is Cc1nc(-c2ccc(OCc3cccc(F)c3)c(N)c2)sc1C. The number of anilines is 1. The third-order valence-corrected chi connectivity index (χ3v) is 4.69. The molecule has 23 heavy (non-hydrogen) atoms. The van der Waals surface area contributed by atoms with Crippen molar-refractivity contribution in [3.63, 3.8) is 0 Å². The van der Waals surface area contributed by atoms with E-state index in [0.29, 0.717) is 11.4 Å². The predicted molar refractivity (Wildman–Crippen MR) is 92.2 cm³/mol. The summed E-state index contributed by atoms with van der Waals surface area (Å²) in [5.74, 6) is 0.312. The Morgan fingerprint density at radius 3 is 2.65 bits per heavy atom. The molecule has 0 radical (unpaired) electrons. The summed E-state index contributed by atoms with van der Waals surface area (Å²) < 4.78 is 18.9. The predicted octanol–water partition coefficient (Wildman–Crippen LogP) is 4.73. The van der Waals surface area contributed by atoms with Gasteiger partial charge in [-0.15, -0.1) is 11.3 Å². The van der Waals surface area contributed by atoms with Crippen LogP contribution in [0.2, 0.25) is 0 Å². The van der Waals surface area contributed by atoms with Gasteiger partial charge < -0.3 is 10.5 Å². The van der Waals surface area contributed by atoms with Crippen LogP contribution in [0.25, 0.3) is 10.6 Å². The van der Waals surface area contributed by atoms with Crippen molar-refractivity contribution >= 4 is 17.0 Å². The van der Waals surface area contributed by atoms with Crippen molar-refractivity contribution in [3.05, 3.63) is 64.4 Å². The van der Waals surface area contributed by atoms with Gasteiger partial charge in [-0.25, -0.2) is 9.37 Å². The Morgan fingerprint density at radius 2 is 2.00 bits per heavy atom. The molecule has 0 unspecified atom stereocenters. The number of aromatic nitrogens is 1. The number of halogens is 1. The first-order valence-electron chi connectivity index (χ1n) is 7.24. The molecule has 0 amide bonds. The van der Waals surface area contributed by atoms with Crippen molar-refractivity contribution in [1.82, 2.24) is 4.98 Å². The lowest BCUT2D eigenvalue weighted by Gasteiger charge is -2.10. The first kappa shape index (κ1) is 15.5. The van der Waals surface area contributed by atoms with Crippen molar-refractivity contribution in [2.24, 2.45) is 0 Å². The maximum Gasteiger partial charge on any atom is 0.142 e. The molecule has 0 bridgehead atoms. The Balaban J connectivity index is 1.77. The molecule has 0 aliphatic carbocycles. The van der Waals surface area contributed by atoms with E-state index in [2.05, 4.69) is 11.9 Å². The van der Waals surface area contributed by atoms with Gasteiger partial charge in [-0.05, 0) is 49.7 Å². The van der Waals surface area contributed by atoms with Crippen LogP contribution in [0.1, 0.15) is 16.1 Å². The van der Waals surface area contributed by atoms with Gasteiger partial charge in [-0.3, -0.25) is 0 Å². The van der Waals surface area contributed by atoms with Crippen LogP contribution in [0.5, 0.6) is 5.75 Å². The summed E-state index contributed by atoms with van der Waals surface area (Å²) in [5, 5.41) is 0.948. The van der Waals surface area contributed by atoms with E-state index in [-0.39, 0.29) is 12.4 Å². The fraction of sp³-hybridized carbons (Fsp3) is 0.167. The minimum Gasteiger partial charge on any atom is -0.487 e. The molecule has 0 aliphatic rings.